The lowest BCUT2D eigenvalue weighted by molar-refractivity contribution is -0.118. The Balaban J connectivity index is 1.27. The van der Waals surface area contributed by atoms with Gasteiger partial charge < -0.3 is 15.0 Å². The van der Waals surface area contributed by atoms with E-state index in [0.717, 1.165) is 67.0 Å². The van der Waals surface area contributed by atoms with E-state index in [1.165, 1.54) is 10.6 Å². The maximum atomic E-state index is 13.1. The van der Waals surface area contributed by atoms with Crippen LogP contribution in [0, 0.1) is 5.92 Å². The number of Topliss-reactive ketones (excluding diaryl/α,β-unsaturated/α-hetero) is 1. The van der Waals surface area contributed by atoms with Crippen molar-refractivity contribution in [3.05, 3.63) is 77.2 Å². The Labute approximate surface area is 216 Å². The summed E-state index contributed by atoms with van der Waals surface area (Å²) in [6, 6.07) is 18.0. The summed E-state index contributed by atoms with van der Waals surface area (Å²) in [5.41, 5.74) is 9.96. The van der Waals surface area contributed by atoms with Gasteiger partial charge in [-0.3, -0.25) is 4.79 Å². The molecule has 6 nitrogen and oxygen atoms in total. The highest BCUT2D eigenvalue weighted by Crippen LogP contribution is 2.31. The highest BCUT2D eigenvalue weighted by Gasteiger charge is 2.20. The molecule has 5 rings (SSSR count). The molecule has 186 valence electrons. The Hall–Kier alpha value is -3.45. The third kappa shape index (κ3) is 5.68. The summed E-state index contributed by atoms with van der Waals surface area (Å²) in [4.78, 5) is 23.8. The van der Waals surface area contributed by atoms with Crippen molar-refractivity contribution in [2.75, 3.05) is 12.8 Å². The standard InChI is InChI=1S/C29H32N4O2S/c1-35-24-15-12-21(13-16-24)26-19-33(22-7-3-2-4-8-22)28(31-26)18-23(34)14-10-20-6-5-9-25-27(17-11-20)36-29(30)32-25/h2-4,7-8,12-13,15-16,19-20H,5-6,9-11,14,17-18H2,1H3,(H2,30,32). The van der Waals surface area contributed by atoms with Gasteiger partial charge in [0, 0.05) is 28.7 Å². The van der Waals surface area contributed by atoms with Gasteiger partial charge in [-0.25, -0.2) is 9.97 Å². The second-order valence-electron chi connectivity index (χ2n) is 9.45. The quantitative estimate of drug-likeness (QED) is 0.318. The molecule has 0 fully saturated rings. The van der Waals surface area contributed by atoms with Gasteiger partial charge in [-0.1, -0.05) is 24.6 Å². The van der Waals surface area contributed by atoms with Crippen molar-refractivity contribution in [3.63, 3.8) is 0 Å². The molecular weight excluding hydrogens is 468 g/mol. The first-order valence-corrected chi connectivity index (χ1v) is 13.4. The van der Waals surface area contributed by atoms with E-state index >= 15 is 0 Å². The molecular formula is C29H32N4O2S. The Kier molecular flexibility index (Phi) is 7.47. The van der Waals surface area contributed by atoms with E-state index in [1.54, 1.807) is 18.4 Å². The van der Waals surface area contributed by atoms with Gasteiger partial charge in [-0.2, -0.15) is 0 Å². The Bertz CT molecular complexity index is 1310. The van der Waals surface area contributed by atoms with Gasteiger partial charge >= 0.3 is 0 Å². The van der Waals surface area contributed by atoms with Crippen molar-refractivity contribution < 1.29 is 9.53 Å². The number of fused-ring (bicyclic) bond motifs is 1. The maximum absolute atomic E-state index is 13.1. The molecule has 2 N–H and O–H groups in total. The molecule has 0 bridgehead atoms. The number of nitrogens with two attached hydrogens (primary N) is 1. The number of benzene rings is 2. The molecule has 1 aliphatic rings. The number of rotatable bonds is 8. The number of ether oxygens (including phenoxy) is 1. The smallest absolute Gasteiger partial charge is 0.180 e. The number of methoxy groups -OCH3 is 1. The molecule has 1 unspecified atom stereocenters. The van der Waals surface area contributed by atoms with E-state index in [1.807, 2.05) is 65.4 Å². The molecule has 2 aromatic heterocycles. The second kappa shape index (κ2) is 11.1. The van der Waals surface area contributed by atoms with Gasteiger partial charge in [0.2, 0.25) is 0 Å². The minimum atomic E-state index is 0.240. The first kappa shape index (κ1) is 24.3. The largest absolute Gasteiger partial charge is 0.497 e. The minimum absolute atomic E-state index is 0.240. The highest BCUT2D eigenvalue weighted by molar-refractivity contribution is 7.15. The molecule has 4 aromatic rings. The van der Waals surface area contributed by atoms with Gasteiger partial charge in [-0.05, 0) is 74.4 Å². The lowest BCUT2D eigenvalue weighted by Crippen LogP contribution is -2.13. The molecule has 0 radical (unpaired) electrons. The molecule has 2 heterocycles. The molecule has 1 aliphatic carbocycles. The highest BCUT2D eigenvalue weighted by atomic mass is 32.1. The second-order valence-corrected chi connectivity index (χ2v) is 10.6. The monoisotopic (exact) mass is 500 g/mol. The number of hydrogen-bond donors (Lipinski definition) is 1. The first-order valence-electron chi connectivity index (χ1n) is 12.6. The molecule has 0 saturated carbocycles. The van der Waals surface area contributed by atoms with Crippen LogP contribution in [0.1, 0.15) is 48.5 Å². The fourth-order valence-electron chi connectivity index (χ4n) is 5.01. The maximum Gasteiger partial charge on any atom is 0.180 e. The zero-order valence-electron chi connectivity index (χ0n) is 20.7. The van der Waals surface area contributed by atoms with Crippen LogP contribution >= 0.6 is 11.3 Å². The number of aromatic nitrogens is 3. The number of ketones is 1. The molecule has 36 heavy (non-hydrogen) atoms. The van der Waals surface area contributed by atoms with Crippen LogP contribution in [0.15, 0.2) is 60.8 Å². The number of aryl methyl sites for hydroxylation is 2. The van der Waals surface area contributed by atoms with Crippen LogP contribution < -0.4 is 10.5 Å². The molecule has 0 saturated heterocycles. The van der Waals surface area contributed by atoms with Crippen LogP contribution in [0.2, 0.25) is 0 Å². The molecule has 2 aromatic carbocycles. The van der Waals surface area contributed by atoms with E-state index in [4.69, 9.17) is 15.5 Å². The average Bonchev–Trinajstić information content (AvgIpc) is 3.47. The van der Waals surface area contributed by atoms with Crippen LogP contribution in [0.25, 0.3) is 16.9 Å². The summed E-state index contributed by atoms with van der Waals surface area (Å²) in [6.45, 7) is 0. The van der Waals surface area contributed by atoms with Gasteiger partial charge in [0.1, 0.15) is 17.4 Å². The van der Waals surface area contributed by atoms with E-state index in [9.17, 15) is 4.79 Å². The molecule has 0 spiro atoms. The predicted molar refractivity (Wildman–Crippen MR) is 145 cm³/mol. The van der Waals surface area contributed by atoms with Crippen molar-refractivity contribution in [3.8, 4) is 22.7 Å². The first-order chi connectivity index (χ1) is 17.6. The van der Waals surface area contributed by atoms with Gasteiger partial charge in [0.05, 0.1) is 24.9 Å². The average molecular weight is 501 g/mol. The van der Waals surface area contributed by atoms with Crippen molar-refractivity contribution >= 4 is 22.3 Å². The summed E-state index contributed by atoms with van der Waals surface area (Å²) in [5.74, 6) is 2.39. The SMILES string of the molecule is COc1ccc(-c2cn(-c3ccccc3)c(CC(=O)CCC3CCCc4nc(N)sc4CC3)n2)cc1. The lowest BCUT2D eigenvalue weighted by Gasteiger charge is -2.19. The number of anilines is 1. The number of carbonyl (C=O) groups excluding carboxylic acids is 1. The van der Waals surface area contributed by atoms with E-state index in [2.05, 4.69) is 4.98 Å². The molecule has 7 heteroatoms. The van der Waals surface area contributed by atoms with Crippen LogP contribution in [0.5, 0.6) is 5.75 Å². The van der Waals surface area contributed by atoms with Crippen molar-refractivity contribution in [2.45, 2.75) is 51.4 Å². The van der Waals surface area contributed by atoms with Crippen molar-refractivity contribution in [1.82, 2.24) is 14.5 Å². The number of thiazole rings is 1. The zero-order chi connectivity index (χ0) is 24.9. The Morgan fingerprint density at radius 3 is 2.67 bits per heavy atom. The van der Waals surface area contributed by atoms with Gasteiger partial charge in [0.25, 0.3) is 0 Å². The van der Waals surface area contributed by atoms with Crippen LogP contribution in [-0.4, -0.2) is 27.4 Å². The molecule has 0 aliphatic heterocycles. The van der Waals surface area contributed by atoms with E-state index in [-0.39, 0.29) is 5.78 Å². The summed E-state index contributed by atoms with van der Waals surface area (Å²) in [7, 11) is 1.66. The number of imidazole rings is 1. The van der Waals surface area contributed by atoms with Crippen LogP contribution in [-0.2, 0) is 24.1 Å². The normalized spacial score (nSPS) is 15.6. The number of para-hydroxylation sites is 1. The van der Waals surface area contributed by atoms with E-state index < -0.39 is 0 Å². The number of carbonyl (C=O) groups is 1. The Morgan fingerprint density at radius 1 is 1.08 bits per heavy atom. The van der Waals surface area contributed by atoms with Gasteiger partial charge in [-0.15, -0.1) is 11.3 Å². The minimum Gasteiger partial charge on any atom is -0.497 e. The molecule has 1 atom stereocenters. The number of nitrogen functional groups attached to an aromatic ring is 1. The lowest BCUT2D eigenvalue weighted by atomic mass is 9.88. The number of hydrogen-bond acceptors (Lipinski definition) is 6. The predicted octanol–water partition coefficient (Wildman–Crippen LogP) is 6.06. The Morgan fingerprint density at radius 2 is 1.89 bits per heavy atom. The topological polar surface area (TPSA) is 83.0 Å². The van der Waals surface area contributed by atoms with Crippen LogP contribution in [0.3, 0.4) is 0 Å². The summed E-state index contributed by atoms with van der Waals surface area (Å²) >= 11 is 1.62. The van der Waals surface area contributed by atoms with Crippen molar-refractivity contribution in [2.24, 2.45) is 5.92 Å². The van der Waals surface area contributed by atoms with Gasteiger partial charge in [0.15, 0.2) is 5.13 Å². The fourth-order valence-corrected chi connectivity index (χ4v) is 5.90. The summed E-state index contributed by atoms with van der Waals surface area (Å²) in [5, 5.41) is 0.677. The summed E-state index contributed by atoms with van der Waals surface area (Å²) < 4.78 is 7.33. The van der Waals surface area contributed by atoms with E-state index in [0.29, 0.717) is 23.9 Å². The fraction of sp³-hybridized carbons (Fsp3) is 0.345. The molecule has 0 amide bonds. The third-order valence-electron chi connectivity index (χ3n) is 6.99. The summed E-state index contributed by atoms with van der Waals surface area (Å²) in [6.07, 6.45) is 9.23. The third-order valence-corrected chi connectivity index (χ3v) is 7.97. The van der Waals surface area contributed by atoms with Crippen molar-refractivity contribution in [1.29, 1.82) is 0 Å². The number of nitrogens with zero attached hydrogens (tertiary/aromatic N) is 3. The zero-order valence-corrected chi connectivity index (χ0v) is 21.5. The van der Waals surface area contributed by atoms with Crippen LogP contribution in [0.4, 0.5) is 5.13 Å².